The fourth-order valence-corrected chi connectivity index (χ4v) is 9.61. The normalized spacial score (nSPS) is 24.5. The fraction of sp³-hybridized carbons (Fsp3) is 0.459. The summed E-state index contributed by atoms with van der Waals surface area (Å²) in [6, 6.07) is 7.95. The number of fused-ring (bicyclic) bond motifs is 1. The first-order chi connectivity index (χ1) is 28.0. The van der Waals surface area contributed by atoms with Crippen molar-refractivity contribution in [2.75, 3.05) is 19.6 Å². The number of aliphatic hydroxyl groups excluding tert-OH is 1. The second-order valence-corrected chi connectivity index (χ2v) is 16.1. The highest BCUT2D eigenvalue weighted by Crippen LogP contribution is 2.52. The van der Waals surface area contributed by atoms with Crippen LogP contribution in [0.3, 0.4) is 0 Å². The molecule has 22 heteroatoms. The van der Waals surface area contributed by atoms with Crippen LogP contribution in [0.25, 0.3) is 0 Å². The Morgan fingerprint density at radius 2 is 1.58 bits per heavy atom. The molecule has 4 aliphatic heterocycles. The molecule has 0 radical (unpaired) electrons. The van der Waals surface area contributed by atoms with E-state index in [4.69, 9.17) is 20.6 Å². The predicted molar refractivity (Wildman–Crippen MR) is 206 cm³/mol. The van der Waals surface area contributed by atoms with Gasteiger partial charge in [0.1, 0.15) is 31.0 Å². The molecule has 0 spiro atoms. The number of likely N-dealkylation sites (tertiary alicyclic amines) is 2. The molecule has 3 saturated heterocycles. The van der Waals surface area contributed by atoms with Crippen LogP contribution in [-0.4, -0.2) is 120 Å². The Morgan fingerprint density at radius 3 is 2.10 bits per heavy atom. The van der Waals surface area contributed by atoms with Crippen molar-refractivity contribution >= 4 is 58.9 Å². The van der Waals surface area contributed by atoms with Crippen LogP contribution in [0.5, 0.6) is 0 Å². The maximum atomic E-state index is 14.3. The van der Waals surface area contributed by atoms with Crippen LogP contribution in [0.4, 0.5) is 16.2 Å². The van der Waals surface area contributed by atoms with Crippen LogP contribution in [0.2, 0.25) is 0 Å². The number of hydrogen-bond acceptors (Lipinski definition) is 14. The van der Waals surface area contributed by atoms with E-state index in [0.717, 1.165) is 11.8 Å². The minimum atomic E-state index is -1.33. The number of carbonyl (C=O) groups excluding carboxylic acids is 4. The molecule has 3 amide bonds. The molecule has 4 aliphatic rings. The van der Waals surface area contributed by atoms with E-state index in [0.29, 0.717) is 16.0 Å². The van der Waals surface area contributed by atoms with E-state index >= 15 is 0 Å². The smallest absolute Gasteiger partial charge is 0.410 e. The number of nitrogens with zero attached hydrogens (tertiary/aromatic N) is 5. The third-order valence-corrected chi connectivity index (χ3v) is 12.5. The number of nitro groups is 2. The van der Waals surface area contributed by atoms with Gasteiger partial charge in [0, 0.05) is 65.9 Å². The molecule has 1 unspecified atom stereocenters. The number of β-lactam (4-membered cyclic amide) rings is 1. The minimum Gasteiger partial charge on any atom is -0.477 e. The van der Waals surface area contributed by atoms with Gasteiger partial charge >= 0.3 is 18.0 Å². The van der Waals surface area contributed by atoms with Gasteiger partial charge in [0.05, 0.1) is 27.9 Å². The zero-order valence-electron chi connectivity index (χ0n) is 31.8. The van der Waals surface area contributed by atoms with E-state index < -0.39 is 92.9 Å². The number of thioether (sulfide) groups is 1. The summed E-state index contributed by atoms with van der Waals surface area (Å²) in [5.74, 6) is -5.45. The Balaban J connectivity index is 1.18. The maximum absolute atomic E-state index is 14.3. The Kier molecular flexibility index (Phi) is 12.4. The summed E-state index contributed by atoms with van der Waals surface area (Å²) in [6.45, 7) is 2.83. The molecular weight excluding hydrogens is 797 g/mol. The standard InChI is InChI=1S/C37H42N8O13S/c1-18-29-27(19(2)46)33(48)43(29)30(34(49)50)31(18)59-25-13-26(42(15-25)37(52)58-17-21-5-9-24(10-6-21)45(55)56)32(47)41-12-11-22(14-41)28(40-36(38)39)35(51)57-16-20-3-7-23(8-4-20)44(53)54/h3-10,18-19,22,25-29,46H,11-17H2,1-2H3,(H,49,50)(H4,38,39,40)/t18-,19-,22-,25+,26+,27-,28?,29-/m1/s1. The Bertz CT molecular complexity index is 2080. The van der Waals surface area contributed by atoms with Crippen molar-refractivity contribution in [2.45, 2.75) is 69.4 Å². The molecule has 0 aliphatic carbocycles. The number of aliphatic hydroxyl groups is 1. The molecule has 2 aromatic rings. The first-order valence-electron chi connectivity index (χ1n) is 18.6. The second-order valence-electron chi connectivity index (χ2n) is 14.8. The van der Waals surface area contributed by atoms with Gasteiger partial charge in [-0.1, -0.05) is 6.92 Å². The molecule has 2 aromatic carbocycles. The first kappa shape index (κ1) is 42.3. The highest BCUT2D eigenvalue weighted by molar-refractivity contribution is 8.03. The van der Waals surface area contributed by atoms with Gasteiger partial charge in [-0.05, 0) is 55.2 Å². The summed E-state index contributed by atoms with van der Waals surface area (Å²) in [4.78, 5) is 92.1. The molecule has 0 bridgehead atoms. The van der Waals surface area contributed by atoms with E-state index in [1.807, 2.05) is 0 Å². The van der Waals surface area contributed by atoms with Crippen molar-refractivity contribution in [2.24, 2.45) is 23.5 Å². The first-order valence-corrected chi connectivity index (χ1v) is 19.5. The van der Waals surface area contributed by atoms with E-state index in [1.54, 1.807) is 6.92 Å². The highest BCUT2D eigenvalue weighted by Gasteiger charge is 2.60. The van der Waals surface area contributed by atoms with E-state index in [-0.39, 0.29) is 62.8 Å². The third kappa shape index (κ3) is 8.77. The number of nitrogens with two attached hydrogens (primary N) is 1. The van der Waals surface area contributed by atoms with Crippen molar-refractivity contribution in [3.05, 3.63) is 90.5 Å². The van der Waals surface area contributed by atoms with Crippen LogP contribution in [0.15, 0.2) is 59.1 Å². The molecule has 21 nitrogen and oxygen atoms in total. The van der Waals surface area contributed by atoms with Gasteiger partial charge < -0.3 is 40.5 Å². The number of benzene rings is 2. The lowest BCUT2D eigenvalue weighted by molar-refractivity contribution is -0.385. The zero-order valence-corrected chi connectivity index (χ0v) is 32.6. The monoisotopic (exact) mass is 838 g/mol. The second kappa shape index (κ2) is 17.3. The highest BCUT2D eigenvalue weighted by atomic mass is 32.2. The van der Waals surface area contributed by atoms with Crippen molar-refractivity contribution in [3.8, 4) is 0 Å². The lowest BCUT2D eigenvalue weighted by Gasteiger charge is -2.46. The molecule has 0 saturated carbocycles. The number of nitrogens with one attached hydrogen (secondary N) is 2. The molecule has 3 fully saturated rings. The average Bonchev–Trinajstić information content (AvgIpc) is 3.91. The fourth-order valence-electron chi connectivity index (χ4n) is 8.08. The number of carboxylic acid groups (broad SMARTS) is 1. The van der Waals surface area contributed by atoms with Gasteiger partial charge in [-0.15, -0.1) is 11.8 Å². The van der Waals surface area contributed by atoms with Crippen molar-refractivity contribution in [1.29, 1.82) is 5.41 Å². The number of carboxylic acids is 1. The minimum absolute atomic E-state index is 0.00123. The van der Waals surface area contributed by atoms with Gasteiger partial charge in [-0.25, -0.2) is 14.4 Å². The molecule has 8 atom stereocenters. The summed E-state index contributed by atoms with van der Waals surface area (Å²) < 4.78 is 11.0. The molecular formula is C37H42N8O13S. The van der Waals surface area contributed by atoms with E-state index in [1.165, 1.54) is 70.2 Å². The number of hydrogen-bond donors (Lipinski definition) is 5. The number of non-ortho nitro benzene ring substituents is 2. The summed E-state index contributed by atoms with van der Waals surface area (Å²) in [5.41, 5.74) is 6.03. The third-order valence-electron chi connectivity index (χ3n) is 11.0. The Morgan fingerprint density at radius 1 is 1.00 bits per heavy atom. The largest absolute Gasteiger partial charge is 0.477 e. The predicted octanol–water partition coefficient (Wildman–Crippen LogP) is 1.91. The molecule has 59 heavy (non-hydrogen) atoms. The number of carbonyl (C=O) groups is 5. The number of esters is 1. The number of aliphatic carboxylic acids is 1. The summed E-state index contributed by atoms with van der Waals surface area (Å²) in [7, 11) is 0. The molecule has 6 rings (SSSR count). The van der Waals surface area contributed by atoms with Crippen molar-refractivity contribution in [1.82, 2.24) is 20.0 Å². The van der Waals surface area contributed by atoms with E-state index in [9.17, 15) is 54.4 Å². The van der Waals surface area contributed by atoms with Gasteiger partial charge in [-0.2, -0.15) is 0 Å². The average molecular weight is 839 g/mol. The Labute approximate surface area is 340 Å². The number of ether oxygens (including phenoxy) is 2. The summed E-state index contributed by atoms with van der Waals surface area (Å²) in [5, 5.41) is 52.4. The molecule has 4 heterocycles. The van der Waals surface area contributed by atoms with Gasteiger partial charge in [0.15, 0.2) is 5.96 Å². The SMILES string of the molecule is C[C@@H](O)[C@H]1C(=O)N2C(C(=O)O)=C(S[C@H]3C[C@@H](C(=O)N4CC[C@@H](C(NC(=N)N)C(=O)OCc5ccc([N+](=O)[O-])cc5)C4)N(C(=O)OCc4ccc([N+](=O)[O-])cc4)C3)[C@H](C)[C@H]12. The van der Waals surface area contributed by atoms with Crippen LogP contribution in [-0.2, 0) is 41.9 Å². The molecule has 314 valence electrons. The molecule has 0 aromatic heterocycles. The number of nitro benzene ring substituents is 2. The van der Waals surface area contributed by atoms with Gasteiger partial charge in [-0.3, -0.25) is 40.1 Å². The zero-order chi connectivity index (χ0) is 42.9. The van der Waals surface area contributed by atoms with Crippen LogP contribution >= 0.6 is 11.8 Å². The van der Waals surface area contributed by atoms with Crippen molar-refractivity contribution in [3.63, 3.8) is 0 Å². The van der Waals surface area contributed by atoms with Gasteiger partial charge in [0.2, 0.25) is 11.8 Å². The quantitative estimate of drug-likeness (QED) is 0.0453. The number of amides is 3. The maximum Gasteiger partial charge on any atom is 0.410 e. The number of guanidine groups is 1. The van der Waals surface area contributed by atoms with Gasteiger partial charge in [0.25, 0.3) is 11.4 Å². The topological polar surface area (TPSA) is 302 Å². The summed E-state index contributed by atoms with van der Waals surface area (Å²) >= 11 is 1.15. The number of rotatable bonds is 14. The Hall–Kier alpha value is -6.29. The van der Waals surface area contributed by atoms with Crippen LogP contribution in [0, 0.1) is 43.4 Å². The van der Waals surface area contributed by atoms with Crippen LogP contribution in [0.1, 0.15) is 37.8 Å². The molecule has 6 N–H and O–H groups in total. The van der Waals surface area contributed by atoms with Crippen LogP contribution < -0.4 is 11.1 Å². The van der Waals surface area contributed by atoms with E-state index in [2.05, 4.69) is 5.32 Å². The van der Waals surface area contributed by atoms with Crippen molar-refractivity contribution < 1.29 is 53.5 Å². The lowest BCUT2D eigenvalue weighted by atomic mass is 9.79. The lowest BCUT2D eigenvalue weighted by Crippen LogP contribution is -2.63. The summed E-state index contributed by atoms with van der Waals surface area (Å²) in [6.07, 6.45) is -1.54.